The molecule has 3 nitrogen and oxygen atoms in total. The van der Waals surface area contributed by atoms with Gasteiger partial charge in [0.05, 0.1) is 5.56 Å². The summed E-state index contributed by atoms with van der Waals surface area (Å²) in [5.41, 5.74) is 5.86. The van der Waals surface area contributed by atoms with Crippen LogP contribution in [0.4, 0.5) is 4.39 Å². The summed E-state index contributed by atoms with van der Waals surface area (Å²) in [5, 5.41) is 7.40. The number of halogens is 1. The van der Waals surface area contributed by atoms with Crippen molar-refractivity contribution in [3.05, 3.63) is 59.9 Å². The SMILES string of the molecule is N=C(N)c1ccccc1Oc1ccccc1F. The molecule has 0 aliphatic carbocycles. The van der Waals surface area contributed by atoms with E-state index in [2.05, 4.69) is 0 Å². The first-order chi connectivity index (χ1) is 8.18. The number of ether oxygens (including phenoxy) is 1. The highest BCUT2D eigenvalue weighted by Crippen LogP contribution is 2.26. The summed E-state index contributed by atoms with van der Waals surface area (Å²) in [4.78, 5) is 0. The van der Waals surface area contributed by atoms with Gasteiger partial charge in [0.15, 0.2) is 11.6 Å². The van der Waals surface area contributed by atoms with Crippen molar-refractivity contribution in [1.29, 1.82) is 5.41 Å². The Morgan fingerprint density at radius 3 is 2.24 bits per heavy atom. The minimum absolute atomic E-state index is 0.112. The van der Waals surface area contributed by atoms with Gasteiger partial charge in [-0.25, -0.2) is 4.39 Å². The summed E-state index contributed by atoms with van der Waals surface area (Å²) in [6.07, 6.45) is 0. The van der Waals surface area contributed by atoms with E-state index in [4.69, 9.17) is 15.9 Å². The molecule has 3 N–H and O–H groups in total. The number of nitrogen functional groups attached to an aromatic ring is 1. The molecule has 0 radical (unpaired) electrons. The maximum Gasteiger partial charge on any atom is 0.165 e. The smallest absolute Gasteiger partial charge is 0.165 e. The molecule has 0 fully saturated rings. The third-order valence-electron chi connectivity index (χ3n) is 2.23. The summed E-state index contributed by atoms with van der Waals surface area (Å²) in [6.45, 7) is 0. The second-order valence-corrected chi connectivity index (χ2v) is 3.44. The number of hydrogen-bond acceptors (Lipinski definition) is 2. The minimum atomic E-state index is -0.453. The number of nitrogens with one attached hydrogen (secondary N) is 1. The van der Waals surface area contributed by atoms with E-state index in [1.54, 1.807) is 36.4 Å². The van der Waals surface area contributed by atoms with Crippen molar-refractivity contribution in [2.24, 2.45) is 5.73 Å². The van der Waals surface area contributed by atoms with Crippen LogP contribution in [0.5, 0.6) is 11.5 Å². The number of nitrogens with two attached hydrogens (primary N) is 1. The van der Waals surface area contributed by atoms with Crippen LogP contribution in [0.15, 0.2) is 48.5 Å². The zero-order chi connectivity index (χ0) is 12.3. The normalized spacial score (nSPS) is 9.94. The Labute approximate surface area is 98.2 Å². The molecule has 0 aromatic heterocycles. The Morgan fingerprint density at radius 2 is 1.59 bits per heavy atom. The highest BCUT2D eigenvalue weighted by atomic mass is 19.1. The molecule has 2 aromatic rings. The summed E-state index contributed by atoms with van der Waals surface area (Å²) in [6, 6.07) is 12.9. The highest BCUT2D eigenvalue weighted by molar-refractivity contribution is 5.97. The van der Waals surface area contributed by atoms with E-state index in [1.807, 2.05) is 0 Å². The Balaban J connectivity index is 2.37. The Hall–Kier alpha value is -2.36. The van der Waals surface area contributed by atoms with Crippen molar-refractivity contribution in [1.82, 2.24) is 0 Å². The molecule has 0 aliphatic heterocycles. The fourth-order valence-electron chi connectivity index (χ4n) is 1.42. The lowest BCUT2D eigenvalue weighted by Crippen LogP contribution is -2.12. The average molecular weight is 230 g/mol. The van der Waals surface area contributed by atoms with Gasteiger partial charge in [0.25, 0.3) is 0 Å². The Kier molecular flexibility index (Phi) is 3.05. The molecule has 0 bridgehead atoms. The monoisotopic (exact) mass is 230 g/mol. The van der Waals surface area contributed by atoms with Crippen molar-refractivity contribution < 1.29 is 9.13 Å². The number of amidine groups is 1. The largest absolute Gasteiger partial charge is 0.454 e. The summed E-state index contributed by atoms with van der Waals surface area (Å²) in [7, 11) is 0. The van der Waals surface area contributed by atoms with Crippen LogP contribution in [-0.2, 0) is 0 Å². The summed E-state index contributed by atoms with van der Waals surface area (Å²) < 4.78 is 18.8. The number of para-hydroxylation sites is 2. The van der Waals surface area contributed by atoms with E-state index in [9.17, 15) is 4.39 Å². The molecule has 0 heterocycles. The number of hydrogen-bond donors (Lipinski definition) is 2. The van der Waals surface area contributed by atoms with Gasteiger partial charge >= 0.3 is 0 Å². The zero-order valence-electron chi connectivity index (χ0n) is 8.98. The minimum Gasteiger partial charge on any atom is -0.454 e. The van der Waals surface area contributed by atoms with Crippen LogP contribution in [0.1, 0.15) is 5.56 Å². The first kappa shape index (κ1) is 11.1. The zero-order valence-corrected chi connectivity index (χ0v) is 8.98. The molecule has 0 unspecified atom stereocenters. The lowest BCUT2D eigenvalue weighted by Gasteiger charge is -2.10. The lowest BCUT2D eigenvalue weighted by molar-refractivity contribution is 0.441. The fraction of sp³-hybridized carbons (Fsp3) is 0. The van der Waals surface area contributed by atoms with Gasteiger partial charge < -0.3 is 10.5 Å². The van der Waals surface area contributed by atoms with E-state index in [1.165, 1.54) is 12.1 Å². The maximum atomic E-state index is 13.4. The maximum absolute atomic E-state index is 13.4. The van der Waals surface area contributed by atoms with Crippen LogP contribution in [0.3, 0.4) is 0 Å². The Bertz CT molecular complexity index is 555. The van der Waals surface area contributed by atoms with Crippen LogP contribution >= 0.6 is 0 Å². The third-order valence-corrected chi connectivity index (χ3v) is 2.23. The molecule has 0 saturated heterocycles. The molecule has 0 saturated carbocycles. The van der Waals surface area contributed by atoms with Crippen molar-refractivity contribution in [3.63, 3.8) is 0 Å². The van der Waals surface area contributed by atoms with E-state index in [-0.39, 0.29) is 11.6 Å². The van der Waals surface area contributed by atoms with Crippen LogP contribution in [0, 0.1) is 11.2 Å². The quantitative estimate of drug-likeness (QED) is 0.629. The van der Waals surface area contributed by atoms with Gasteiger partial charge in [0.1, 0.15) is 11.6 Å². The number of benzene rings is 2. The predicted octanol–water partition coefficient (Wildman–Crippen LogP) is 2.90. The molecule has 86 valence electrons. The summed E-state index contributed by atoms with van der Waals surface area (Å²) in [5.74, 6) is -0.0888. The van der Waals surface area contributed by atoms with Gasteiger partial charge in [0.2, 0.25) is 0 Å². The van der Waals surface area contributed by atoms with Gasteiger partial charge in [0, 0.05) is 0 Å². The molecule has 0 spiro atoms. The van der Waals surface area contributed by atoms with Crippen molar-refractivity contribution in [2.75, 3.05) is 0 Å². The molecule has 17 heavy (non-hydrogen) atoms. The summed E-state index contributed by atoms with van der Waals surface area (Å²) >= 11 is 0. The molecule has 2 rings (SSSR count). The van der Waals surface area contributed by atoms with Gasteiger partial charge in [-0.1, -0.05) is 24.3 Å². The van der Waals surface area contributed by atoms with E-state index in [0.29, 0.717) is 11.3 Å². The van der Waals surface area contributed by atoms with Crippen LogP contribution in [-0.4, -0.2) is 5.84 Å². The molecular weight excluding hydrogens is 219 g/mol. The van der Waals surface area contributed by atoms with E-state index >= 15 is 0 Å². The van der Waals surface area contributed by atoms with Crippen molar-refractivity contribution >= 4 is 5.84 Å². The van der Waals surface area contributed by atoms with Gasteiger partial charge in [-0.05, 0) is 24.3 Å². The van der Waals surface area contributed by atoms with Crippen molar-refractivity contribution in [3.8, 4) is 11.5 Å². The van der Waals surface area contributed by atoms with Crippen LogP contribution < -0.4 is 10.5 Å². The first-order valence-electron chi connectivity index (χ1n) is 5.04. The molecule has 4 heteroatoms. The second-order valence-electron chi connectivity index (χ2n) is 3.44. The van der Waals surface area contributed by atoms with Crippen LogP contribution in [0.2, 0.25) is 0 Å². The molecule has 0 aliphatic rings. The molecule has 2 aromatic carbocycles. The standard InChI is InChI=1S/C13H11FN2O/c14-10-6-2-4-8-12(10)17-11-7-3-1-5-9(11)13(15)16/h1-8H,(H3,15,16). The molecule has 0 amide bonds. The predicted molar refractivity (Wildman–Crippen MR) is 63.9 cm³/mol. The Morgan fingerprint density at radius 1 is 1.00 bits per heavy atom. The highest BCUT2D eigenvalue weighted by Gasteiger charge is 2.08. The second kappa shape index (κ2) is 4.65. The molecular formula is C13H11FN2O. The van der Waals surface area contributed by atoms with Gasteiger partial charge in [-0.15, -0.1) is 0 Å². The fourth-order valence-corrected chi connectivity index (χ4v) is 1.42. The average Bonchev–Trinajstić information content (AvgIpc) is 2.32. The van der Waals surface area contributed by atoms with Gasteiger partial charge in [-0.2, -0.15) is 0 Å². The van der Waals surface area contributed by atoms with E-state index < -0.39 is 5.82 Å². The number of rotatable bonds is 3. The third kappa shape index (κ3) is 2.42. The topological polar surface area (TPSA) is 59.1 Å². The van der Waals surface area contributed by atoms with E-state index in [0.717, 1.165) is 0 Å². The lowest BCUT2D eigenvalue weighted by atomic mass is 10.2. The van der Waals surface area contributed by atoms with Crippen molar-refractivity contribution in [2.45, 2.75) is 0 Å². The van der Waals surface area contributed by atoms with Crippen LogP contribution in [0.25, 0.3) is 0 Å². The molecule has 0 atom stereocenters. The van der Waals surface area contributed by atoms with Gasteiger partial charge in [-0.3, -0.25) is 5.41 Å². The first-order valence-corrected chi connectivity index (χ1v) is 5.04.